The molecular weight excluding hydrogens is 376 g/mol. The first-order valence-electron chi connectivity index (χ1n) is 10.7. The van der Waals surface area contributed by atoms with E-state index in [1.54, 1.807) is 25.3 Å². The molecule has 0 spiro atoms. The van der Waals surface area contributed by atoms with Crippen LogP contribution in [0.5, 0.6) is 11.5 Å². The van der Waals surface area contributed by atoms with E-state index in [9.17, 15) is 4.79 Å². The van der Waals surface area contributed by atoms with Crippen LogP contribution in [0.15, 0.2) is 61.2 Å². The van der Waals surface area contributed by atoms with Crippen LogP contribution in [0.3, 0.4) is 0 Å². The second kappa shape index (κ2) is 11.4. The molecule has 1 heterocycles. The van der Waals surface area contributed by atoms with Gasteiger partial charge in [-0.3, -0.25) is 9.69 Å². The van der Waals surface area contributed by atoms with Gasteiger partial charge in [0.2, 0.25) is 0 Å². The maximum absolute atomic E-state index is 12.8. The van der Waals surface area contributed by atoms with E-state index in [-0.39, 0.29) is 11.9 Å². The monoisotopic (exact) mass is 408 g/mol. The molecule has 0 aromatic heterocycles. The highest BCUT2D eigenvalue weighted by atomic mass is 16.5. The van der Waals surface area contributed by atoms with Gasteiger partial charge in [0.05, 0.1) is 13.2 Å². The average molecular weight is 409 g/mol. The number of ether oxygens (including phenoxy) is 2. The van der Waals surface area contributed by atoms with Crippen molar-refractivity contribution in [2.75, 3.05) is 33.4 Å². The summed E-state index contributed by atoms with van der Waals surface area (Å²) >= 11 is 0. The van der Waals surface area contributed by atoms with Crippen LogP contribution in [0.1, 0.15) is 47.6 Å². The molecule has 0 saturated carbocycles. The Morgan fingerprint density at radius 3 is 2.27 bits per heavy atom. The highest BCUT2D eigenvalue weighted by molar-refractivity contribution is 5.94. The highest BCUT2D eigenvalue weighted by Crippen LogP contribution is 2.26. The zero-order chi connectivity index (χ0) is 21.2. The van der Waals surface area contributed by atoms with Crippen molar-refractivity contribution in [3.05, 3.63) is 72.3 Å². The third-order valence-electron chi connectivity index (χ3n) is 5.52. The van der Waals surface area contributed by atoms with E-state index in [1.165, 1.54) is 31.2 Å². The molecule has 1 amide bonds. The topological polar surface area (TPSA) is 50.8 Å². The number of hydrogen-bond acceptors (Lipinski definition) is 4. The molecule has 0 bridgehead atoms. The summed E-state index contributed by atoms with van der Waals surface area (Å²) in [5.41, 5.74) is 1.83. The molecule has 30 heavy (non-hydrogen) atoms. The Bertz CT molecular complexity index is 794. The lowest BCUT2D eigenvalue weighted by Gasteiger charge is -2.31. The first-order chi connectivity index (χ1) is 14.7. The number of carbonyl (C=O) groups excluding carboxylic acids is 1. The zero-order valence-corrected chi connectivity index (χ0v) is 17.8. The fraction of sp³-hybridized carbons (Fsp3) is 0.400. The number of likely N-dealkylation sites (tertiary alicyclic amines) is 1. The summed E-state index contributed by atoms with van der Waals surface area (Å²) in [6.45, 7) is 6.77. The average Bonchev–Trinajstić information content (AvgIpc) is 3.08. The maximum atomic E-state index is 12.8. The van der Waals surface area contributed by atoms with Gasteiger partial charge in [-0.05, 0) is 67.9 Å². The van der Waals surface area contributed by atoms with Crippen molar-refractivity contribution < 1.29 is 14.3 Å². The van der Waals surface area contributed by atoms with Gasteiger partial charge in [-0.15, -0.1) is 0 Å². The lowest BCUT2D eigenvalue weighted by molar-refractivity contribution is 0.0933. The third kappa shape index (κ3) is 6.10. The van der Waals surface area contributed by atoms with Crippen LogP contribution in [0.4, 0.5) is 0 Å². The molecule has 5 nitrogen and oxygen atoms in total. The van der Waals surface area contributed by atoms with Gasteiger partial charge in [-0.25, -0.2) is 0 Å². The molecule has 0 aliphatic carbocycles. The van der Waals surface area contributed by atoms with Crippen LogP contribution >= 0.6 is 0 Å². The Kier molecular flexibility index (Phi) is 8.33. The molecule has 3 rings (SSSR count). The predicted octanol–water partition coefficient (Wildman–Crippen LogP) is 4.61. The summed E-state index contributed by atoms with van der Waals surface area (Å²) in [7, 11) is 1.68. The van der Waals surface area contributed by atoms with Gasteiger partial charge in [-0.2, -0.15) is 0 Å². The number of nitrogens with zero attached hydrogens (tertiary/aromatic N) is 1. The Balaban J connectivity index is 1.68. The van der Waals surface area contributed by atoms with E-state index in [0.717, 1.165) is 24.6 Å². The number of methoxy groups -OCH3 is 1. The van der Waals surface area contributed by atoms with Crippen molar-refractivity contribution in [3.8, 4) is 11.5 Å². The SMILES string of the molecule is C=CCOc1ccc(C(=O)NC[C@H](c2ccc(OC)cc2)N2CCCCCC2)cc1. The second-order valence-electron chi connectivity index (χ2n) is 7.57. The van der Waals surface area contributed by atoms with Crippen LogP contribution in [-0.2, 0) is 0 Å². The molecule has 1 atom stereocenters. The van der Waals surface area contributed by atoms with Gasteiger partial charge in [-0.1, -0.05) is 37.6 Å². The molecule has 0 unspecified atom stereocenters. The standard InChI is InChI=1S/C25H32N2O3/c1-3-18-30-23-14-10-21(11-15-23)25(28)26-19-24(27-16-6-4-5-7-17-27)20-8-12-22(29-2)13-9-20/h3,8-15,24H,1,4-7,16-19H2,2H3,(H,26,28)/t24-/m1/s1. The van der Waals surface area contributed by atoms with Crippen molar-refractivity contribution in [1.29, 1.82) is 0 Å². The summed E-state index contributed by atoms with van der Waals surface area (Å²) in [5, 5.41) is 3.14. The normalized spacial score (nSPS) is 15.6. The first kappa shape index (κ1) is 21.9. The minimum atomic E-state index is -0.0707. The number of hydrogen-bond donors (Lipinski definition) is 1. The van der Waals surface area contributed by atoms with Crippen LogP contribution in [0.25, 0.3) is 0 Å². The van der Waals surface area contributed by atoms with E-state index in [1.807, 2.05) is 24.3 Å². The van der Waals surface area contributed by atoms with E-state index in [2.05, 4.69) is 28.9 Å². The minimum absolute atomic E-state index is 0.0707. The smallest absolute Gasteiger partial charge is 0.251 e. The second-order valence-corrected chi connectivity index (χ2v) is 7.57. The molecule has 1 aliphatic rings. The molecule has 1 saturated heterocycles. The van der Waals surface area contributed by atoms with Gasteiger partial charge >= 0.3 is 0 Å². The summed E-state index contributed by atoms with van der Waals surface area (Å²) in [6.07, 6.45) is 6.65. The van der Waals surface area contributed by atoms with Crippen LogP contribution < -0.4 is 14.8 Å². The van der Waals surface area contributed by atoms with Gasteiger partial charge in [0.1, 0.15) is 18.1 Å². The summed E-state index contributed by atoms with van der Waals surface area (Å²) in [6, 6.07) is 15.5. The van der Waals surface area contributed by atoms with E-state index in [0.29, 0.717) is 18.7 Å². The van der Waals surface area contributed by atoms with Crippen molar-refractivity contribution in [2.24, 2.45) is 0 Å². The molecule has 1 aliphatic heterocycles. The Hall–Kier alpha value is -2.79. The first-order valence-corrected chi connectivity index (χ1v) is 10.7. The number of rotatable bonds is 9. The van der Waals surface area contributed by atoms with Crippen molar-refractivity contribution in [2.45, 2.75) is 31.7 Å². The summed E-state index contributed by atoms with van der Waals surface area (Å²) < 4.78 is 10.8. The molecule has 2 aromatic carbocycles. The maximum Gasteiger partial charge on any atom is 0.251 e. The van der Waals surface area contributed by atoms with Crippen LogP contribution in [-0.4, -0.2) is 44.2 Å². The quantitative estimate of drug-likeness (QED) is 0.616. The summed E-state index contributed by atoms with van der Waals surface area (Å²) in [5.74, 6) is 1.50. The third-order valence-corrected chi connectivity index (χ3v) is 5.52. The molecular formula is C25H32N2O3. The van der Waals surface area contributed by atoms with E-state index < -0.39 is 0 Å². The Morgan fingerprint density at radius 1 is 1.03 bits per heavy atom. The van der Waals surface area contributed by atoms with Gasteiger partial charge in [0.15, 0.2) is 0 Å². The van der Waals surface area contributed by atoms with Crippen LogP contribution in [0, 0.1) is 0 Å². The number of benzene rings is 2. The highest BCUT2D eigenvalue weighted by Gasteiger charge is 2.22. The summed E-state index contributed by atoms with van der Waals surface area (Å²) in [4.78, 5) is 15.3. The van der Waals surface area contributed by atoms with E-state index >= 15 is 0 Å². The van der Waals surface area contributed by atoms with Crippen molar-refractivity contribution in [3.63, 3.8) is 0 Å². The Labute approximate surface area is 179 Å². The molecule has 160 valence electrons. The van der Waals surface area contributed by atoms with E-state index in [4.69, 9.17) is 9.47 Å². The lowest BCUT2D eigenvalue weighted by Crippen LogP contribution is -2.38. The number of carbonyl (C=O) groups is 1. The largest absolute Gasteiger partial charge is 0.497 e. The number of nitrogens with one attached hydrogen (secondary N) is 1. The number of amides is 1. The molecule has 2 aromatic rings. The zero-order valence-electron chi connectivity index (χ0n) is 17.8. The minimum Gasteiger partial charge on any atom is -0.497 e. The van der Waals surface area contributed by atoms with Crippen molar-refractivity contribution >= 4 is 5.91 Å². The van der Waals surface area contributed by atoms with Gasteiger partial charge in [0.25, 0.3) is 5.91 Å². The predicted molar refractivity (Wildman–Crippen MR) is 120 cm³/mol. The van der Waals surface area contributed by atoms with Crippen molar-refractivity contribution in [1.82, 2.24) is 10.2 Å². The fourth-order valence-corrected chi connectivity index (χ4v) is 3.84. The molecule has 1 fully saturated rings. The van der Waals surface area contributed by atoms with Gasteiger partial charge < -0.3 is 14.8 Å². The molecule has 0 radical (unpaired) electrons. The lowest BCUT2D eigenvalue weighted by atomic mass is 10.0. The fourth-order valence-electron chi connectivity index (χ4n) is 3.84. The molecule has 1 N–H and O–H groups in total. The Morgan fingerprint density at radius 2 is 1.67 bits per heavy atom. The molecule has 5 heteroatoms. The van der Waals surface area contributed by atoms with Gasteiger partial charge in [0, 0.05) is 12.1 Å². The van der Waals surface area contributed by atoms with Crippen LogP contribution in [0.2, 0.25) is 0 Å².